The third kappa shape index (κ3) is 1.91. The first kappa shape index (κ1) is 9.83. The van der Waals surface area contributed by atoms with E-state index in [9.17, 15) is 5.11 Å². The molecule has 0 aliphatic carbocycles. The van der Waals surface area contributed by atoms with Gasteiger partial charge < -0.3 is 5.11 Å². The number of benzene rings is 1. The van der Waals surface area contributed by atoms with Gasteiger partial charge in [0.25, 0.3) is 0 Å². The van der Waals surface area contributed by atoms with E-state index in [2.05, 4.69) is 5.92 Å². The van der Waals surface area contributed by atoms with Crippen molar-refractivity contribution in [2.24, 2.45) is 5.92 Å². The van der Waals surface area contributed by atoms with Gasteiger partial charge >= 0.3 is 0 Å². The first-order valence-corrected chi connectivity index (χ1v) is 4.33. The summed E-state index contributed by atoms with van der Waals surface area (Å²) in [6.07, 6.45) is 5.29. The Kier molecular flexibility index (Phi) is 2.75. The van der Waals surface area contributed by atoms with Crippen LogP contribution in [0.1, 0.15) is 19.4 Å². The molecule has 1 aromatic carbocycles. The van der Waals surface area contributed by atoms with Crippen LogP contribution in [0.3, 0.4) is 0 Å². The Labute approximate surface area is 79.4 Å². The van der Waals surface area contributed by atoms with E-state index in [-0.39, 0.29) is 5.92 Å². The molecule has 0 spiro atoms. The Morgan fingerprint density at radius 3 is 2.38 bits per heavy atom. The maximum Gasteiger partial charge on any atom is 0.100 e. The fourth-order valence-electron chi connectivity index (χ4n) is 1.19. The van der Waals surface area contributed by atoms with Crippen molar-refractivity contribution in [2.45, 2.75) is 19.4 Å². The summed E-state index contributed by atoms with van der Waals surface area (Å²) in [5.41, 5.74) is -0.0730. The SMILES string of the molecule is C#C[C@H](C)[C@@](C)(O)c1ccccc1. The van der Waals surface area contributed by atoms with Crippen molar-refractivity contribution in [3.63, 3.8) is 0 Å². The highest BCUT2D eigenvalue weighted by Crippen LogP contribution is 2.28. The fraction of sp³-hybridized carbons (Fsp3) is 0.333. The van der Waals surface area contributed by atoms with Crippen molar-refractivity contribution in [3.05, 3.63) is 35.9 Å². The number of hydrogen-bond acceptors (Lipinski definition) is 1. The highest BCUT2D eigenvalue weighted by molar-refractivity contribution is 5.24. The van der Waals surface area contributed by atoms with Gasteiger partial charge in [0.15, 0.2) is 0 Å². The molecule has 0 amide bonds. The van der Waals surface area contributed by atoms with Crippen LogP contribution in [0.15, 0.2) is 30.3 Å². The van der Waals surface area contributed by atoms with Gasteiger partial charge in [0.05, 0.1) is 0 Å². The maximum absolute atomic E-state index is 10.1. The molecule has 1 N–H and O–H groups in total. The second-order valence-corrected chi connectivity index (χ2v) is 3.40. The third-order valence-corrected chi connectivity index (χ3v) is 2.45. The minimum absolute atomic E-state index is 0.185. The van der Waals surface area contributed by atoms with Gasteiger partial charge in [-0.15, -0.1) is 12.3 Å². The van der Waals surface area contributed by atoms with E-state index in [0.29, 0.717) is 0 Å². The Morgan fingerprint density at radius 1 is 1.38 bits per heavy atom. The molecule has 0 aliphatic rings. The predicted molar refractivity (Wildman–Crippen MR) is 54.0 cm³/mol. The first-order chi connectivity index (χ1) is 6.09. The molecule has 0 saturated heterocycles. The second kappa shape index (κ2) is 3.64. The highest BCUT2D eigenvalue weighted by atomic mass is 16.3. The third-order valence-electron chi connectivity index (χ3n) is 2.45. The van der Waals surface area contributed by atoms with Crippen LogP contribution in [0.5, 0.6) is 0 Å². The lowest BCUT2D eigenvalue weighted by atomic mass is 9.85. The zero-order valence-corrected chi connectivity index (χ0v) is 7.99. The molecule has 0 saturated carbocycles. The van der Waals surface area contributed by atoms with Gasteiger partial charge in [0, 0.05) is 5.92 Å². The van der Waals surface area contributed by atoms with Crippen molar-refractivity contribution >= 4 is 0 Å². The van der Waals surface area contributed by atoms with E-state index in [0.717, 1.165) is 5.56 Å². The molecule has 2 atom stereocenters. The normalized spacial score (nSPS) is 17.1. The van der Waals surface area contributed by atoms with Gasteiger partial charge in [0.1, 0.15) is 5.60 Å². The zero-order valence-electron chi connectivity index (χ0n) is 7.99. The summed E-state index contributed by atoms with van der Waals surface area (Å²) in [4.78, 5) is 0. The fourth-order valence-corrected chi connectivity index (χ4v) is 1.19. The van der Waals surface area contributed by atoms with Gasteiger partial charge in [-0.1, -0.05) is 30.3 Å². The van der Waals surface area contributed by atoms with Crippen molar-refractivity contribution in [2.75, 3.05) is 0 Å². The molecule has 1 heteroatoms. The van der Waals surface area contributed by atoms with E-state index < -0.39 is 5.60 Å². The van der Waals surface area contributed by atoms with Gasteiger partial charge in [-0.05, 0) is 19.4 Å². The van der Waals surface area contributed by atoms with Crippen LogP contribution in [-0.2, 0) is 5.60 Å². The average Bonchev–Trinajstić information content (AvgIpc) is 2.18. The summed E-state index contributed by atoms with van der Waals surface area (Å²) in [5, 5.41) is 10.1. The molecule has 0 fully saturated rings. The van der Waals surface area contributed by atoms with Crippen LogP contribution in [-0.4, -0.2) is 5.11 Å². The average molecular weight is 174 g/mol. The largest absolute Gasteiger partial charge is 0.384 e. The summed E-state index contributed by atoms with van der Waals surface area (Å²) < 4.78 is 0. The number of rotatable bonds is 2. The van der Waals surface area contributed by atoms with Crippen LogP contribution in [0.4, 0.5) is 0 Å². The molecular formula is C12H14O. The molecule has 1 rings (SSSR count). The van der Waals surface area contributed by atoms with Crippen molar-refractivity contribution in [3.8, 4) is 12.3 Å². The molecule has 0 bridgehead atoms. The van der Waals surface area contributed by atoms with Crippen LogP contribution < -0.4 is 0 Å². The molecule has 1 nitrogen and oxygen atoms in total. The predicted octanol–water partition coefficient (Wildman–Crippen LogP) is 2.16. The monoisotopic (exact) mass is 174 g/mol. The maximum atomic E-state index is 10.1. The lowest BCUT2D eigenvalue weighted by Crippen LogP contribution is -2.28. The number of aliphatic hydroxyl groups is 1. The van der Waals surface area contributed by atoms with Crippen LogP contribution >= 0.6 is 0 Å². The molecule has 0 aliphatic heterocycles. The van der Waals surface area contributed by atoms with Crippen molar-refractivity contribution < 1.29 is 5.11 Å². The Balaban J connectivity index is 3.02. The summed E-state index contributed by atoms with van der Waals surface area (Å²) in [5.74, 6) is 2.37. The standard InChI is InChI=1S/C12H14O/c1-4-10(2)12(3,13)11-8-6-5-7-9-11/h1,5-10,13H,2-3H3/t10-,12+/m0/s1. The van der Waals surface area contributed by atoms with Gasteiger partial charge in [-0.2, -0.15) is 0 Å². The lowest BCUT2D eigenvalue weighted by Gasteiger charge is -2.27. The lowest BCUT2D eigenvalue weighted by molar-refractivity contribution is 0.0240. The van der Waals surface area contributed by atoms with E-state index in [1.54, 1.807) is 6.92 Å². The molecule has 1 aromatic rings. The topological polar surface area (TPSA) is 20.2 Å². The first-order valence-electron chi connectivity index (χ1n) is 4.33. The zero-order chi connectivity index (χ0) is 9.90. The molecule has 0 heterocycles. The smallest absolute Gasteiger partial charge is 0.100 e. The number of hydrogen-bond donors (Lipinski definition) is 1. The summed E-state index contributed by atoms with van der Waals surface area (Å²) in [6, 6.07) is 9.47. The summed E-state index contributed by atoms with van der Waals surface area (Å²) in [6.45, 7) is 3.58. The van der Waals surface area contributed by atoms with Crippen LogP contribution in [0.2, 0.25) is 0 Å². The highest BCUT2D eigenvalue weighted by Gasteiger charge is 2.28. The van der Waals surface area contributed by atoms with E-state index in [1.165, 1.54) is 0 Å². The van der Waals surface area contributed by atoms with Gasteiger partial charge in [-0.3, -0.25) is 0 Å². The van der Waals surface area contributed by atoms with Crippen molar-refractivity contribution in [1.82, 2.24) is 0 Å². The molecule has 13 heavy (non-hydrogen) atoms. The minimum Gasteiger partial charge on any atom is -0.384 e. The molecule has 0 unspecified atom stereocenters. The van der Waals surface area contributed by atoms with Crippen LogP contribution in [0, 0.1) is 18.3 Å². The quantitative estimate of drug-likeness (QED) is 0.681. The van der Waals surface area contributed by atoms with Gasteiger partial charge in [0.2, 0.25) is 0 Å². The number of terminal acetylenes is 1. The van der Waals surface area contributed by atoms with E-state index >= 15 is 0 Å². The molecule has 68 valence electrons. The molecule has 0 aromatic heterocycles. The summed E-state index contributed by atoms with van der Waals surface area (Å²) in [7, 11) is 0. The Hall–Kier alpha value is -1.26. The second-order valence-electron chi connectivity index (χ2n) is 3.40. The van der Waals surface area contributed by atoms with Crippen LogP contribution in [0.25, 0.3) is 0 Å². The van der Waals surface area contributed by atoms with Crippen molar-refractivity contribution in [1.29, 1.82) is 0 Å². The Bertz CT molecular complexity index is 306. The van der Waals surface area contributed by atoms with E-state index in [1.807, 2.05) is 37.3 Å². The molecule has 0 radical (unpaired) electrons. The Morgan fingerprint density at radius 2 is 1.92 bits per heavy atom. The van der Waals surface area contributed by atoms with E-state index in [4.69, 9.17) is 6.42 Å². The van der Waals surface area contributed by atoms with Gasteiger partial charge in [-0.25, -0.2) is 0 Å². The molecular weight excluding hydrogens is 160 g/mol. The summed E-state index contributed by atoms with van der Waals surface area (Å²) >= 11 is 0. The minimum atomic E-state index is -0.935.